The van der Waals surface area contributed by atoms with Crippen LogP contribution in [0.5, 0.6) is 0 Å². The maximum Gasteiger partial charge on any atom is 0.242 e. The van der Waals surface area contributed by atoms with E-state index in [2.05, 4.69) is 10.6 Å². The highest BCUT2D eigenvalue weighted by molar-refractivity contribution is 5.91. The summed E-state index contributed by atoms with van der Waals surface area (Å²) in [6.45, 7) is 0.699. The highest BCUT2D eigenvalue weighted by Gasteiger charge is 2.55. The lowest BCUT2D eigenvalue weighted by Crippen LogP contribution is -2.56. The minimum absolute atomic E-state index is 0.00178. The van der Waals surface area contributed by atoms with E-state index in [-0.39, 0.29) is 23.3 Å². The molecule has 0 radical (unpaired) electrons. The number of nitrogens with one attached hydrogen (secondary N) is 2. The van der Waals surface area contributed by atoms with Crippen molar-refractivity contribution in [3.8, 4) is 0 Å². The normalized spacial score (nSPS) is 47.3. The van der Waals surface area contributed by atoms with Crippen molar-refractivity contribution in [2.75, 3.05) is 6.54 Å². The Bertz CT molecular complexity index is 397. The lowest BCUT2D eigenvalue weighted by Gasteiger charge is -2.55. The van der Waals surface area contributed by atoms with Crippen molar-refractivity contribution in [3.05, 3.63) is 0 Å². The molecule has 1 heterocycles. The minimum atomic E-state index is -0.277. The summed E-state index contributed by atoms with van der Waals surface area (Å²) in [5, 5.41) is 5.83. The fraction of sp³-hybridized carbons (Fsp3) is 0.867. The van der Waals surface area contributed by atoms with Gasteiger partial charge < -0.3 is 10.6 Å². The summed E-state index contributed by atoms with van der Waals surface area (Å²) in [5.41, 5.74) is -0.127. The van der Waals surface area contributed by atoms with Crippen LogP contribution in [0.15, 0.2) is 0 Å². The molecule has 0 aromatic carbocycles. The Morgan fingerprint density at radius 3 is 2.16 bits per heavy atom. The third-order valence-corrected chi connectivity index (χ3v) is 5.87. The fourth-order valence-corrected chi connectivity index (χ4v) is 5.43. The Morgan fingerprint density at radius 2 is 1.68 bits per heavy atom. The average Bonchev–Trinajstić information content (AvgIpc) is 2.73. The molecule has 5 aliphatic rings. The van der Waals surface area contributed by atoms with Crippen molar-refractivity contribution >= 4 is 11.8 Å². The lowest BCUT2D eigenvalue weighted by molar-refractivity contribution is -0.148. The molecule has 4 nitrogen and oxygen atoms in total. The largest absolute Gasteiger partial charge is 0.354 e. The second-order valence-corrected chi connectivity index (χ2v) is 7.30. The van der Waals surface area contributed by atoms with E-state index >= 15 is 0 Å². The van der Waals surface area contributed by atoms with Gasteiger partial charge in [0, 0.05) is 12.0 Å². The smallest absolute Gasteiger partial charge is 0.242 e. The zero-order chi connectivity index (χ0) is 13.0. The van der Waals surface area contributed by atoms with E-state index in [1.165, 1.54) is 19.3 Å². The summed E-state index contributed by atoms with van der Waals surface area (Å²) in [6, 6.07) is -0.277. The molecule has 104 valence electrons. The summed E-state index contributed by atoms with van der Waals surface area (Å²) < 4.78 is 0. The molecule has 5 rings (SSSR count). The minimum Gasteiger partial charge on any atom is -0.354 e. The van der Waals surface area contributed by atoms with Gasteiger partial charge in [0.1, 0.15) is 6.04 Å². The number of carbonyl (C=O) groups excluding carboxylic acids is 2. The van der Waals surface area contributed by atoms with Crippen LogP contribution in [0.4, 0.5) is 0 Å². The molecule has 5 fully saturated rings. The summed E-state index contributed by atoms with van der Waals surface area (Å²) in [4.78, 5) is 24.3. The first kappa shape index (κ1) is 11.7. The van der Waals surface area contributed by atoms with Crippen LogP contribution in [-0.2, 0) is 9.59 Å². The molecule has 19 heavy (non-hydrogen) atoms. The summed E-state index contributed by atoms with van der Waals surface area (Å²) >= 11 is 0. The molecule has 1 atom stereocenters. The Balaban J connectivity index is 1.51. The van der Waals surface area contributed by atoms with E-state index in [0.29, 0.717) is 6.54 Å². The van der Waals surface area contributed by atoms with Gasteiger partial charge in [-0.2, -0.15) is 0 Å². The Morgan fingerprint density at radius 1 is 1.11 bits per heavy atom. The Hall–Kier alpha value is -1.06. The molecule has 4 aliphatic carbocycles. The van der Waals surface area contributed by atoms with Gasteiger partial charge in [-0.1, -0.05) is 0 Å². The maximum absolute atomic E-state index is 12.7. The van der Waals surface area contributed by atoms with Crippen LogP contribution in [-0.4, -0.2) is 24.4 Å². The summed E-state index contributed by atoms with van der Waals surface area (Å²) in [7, 11) is 0. The second kappa shape index (κ2) is 3.97. The van der Waals surface area contributed by atoms with Gasteiger partial charge in [0.2, 0.25) is 11.8 Å². The zero-order valence-corrected chi connectivity index (χ0v) is 11.3. The number of hydrogen-bond donors (Lipinski definition) is 2. The van der Waals surface area contributed by atoms with E-state index in [9.17, 15) is 9.59 Å². The van der Waals surface area contributed by atoms with Crippen LogP contribution in [0.3, 0.4) is 0 Å². The predicted molar refractivity (Wildman–Crippen MR) is 70.2 cm³/mol. The van der Waals surface area contributed by atoms with E-state index in [1.54, 1.807) is 0 Å². The Labute approximate surface area is 113 Å². The topological polar surface area (TPSA) is 58.2 Å². The molecule has 0 spiro atoms. The molecule has 2 amide bonds. The number of amides is 2. The molecular weight excluding hydrogens is 240 g/mol. The van der Waals surface area contributed by atoms with Crippen LogP contribution in [0.1, 0.15) is 44.9 Å². The molecule has 2 N–H and O–H groups in total. The van der Waals surface area contributed by atoms with Crippen molar-refractivity contribution in [1.82, 2.24) is 10.6 Å². The van der Waals surface area contributed by atoms with Crippen LogP contribution >= 0.6 is 0 Å². The van der Waals surface area contributed by atoms with Gasteiger partial charge in [0.25, 0.3) is 0 Å². The van der Waals surface area contributed by atoms with Gasteiger partial charge in [-0.25, -0.2) is 0 Å². The van der Waals surface area contributed by atoms with Gasteiger partial charge >= 0.3 is 0 Å². The van der Waals surface area contributed by atoms with E-state index in [0.717, 1.165) is 43.4 Å². The van der Waals surface area contributed by atoms with Gasteiger partial charge in [0.15, 0.2) is 0 Å². The molecule has 0 aromatic rings. The number of carbonyl (C=O) groups is 2. The Kier molecular flexibility index (Phi) is 2.45. The van der Waals surface area contributed by atoms with E-state index in [1.807, 2.05) is 0 Å². The van der Waals surface area contributed by atoms with Crippen LogP contribution in [0, 0.1) is 23.2 Å². The third-order valence-electron chi connectivity index (χ3n) is 5.87. The van der Waals surface area contributed by atoms with Crippen LogP contribution < -0.4 is 10.6 Å². The average molecular weight is 262 g/mol. The molecule has 4 heteroatoms. The van der Waals surface area contributed by atoms with Crippen LogP contribution in [0.2, 0.25) is 0 Å². The fourth-order valence-electron chi connectivity index (χ4n) is 5.43. The van der Waals surface area contributed by atoms with Gasteiger partial charge in [-0.05, 0) is 62.7 Å². The van der Waals surface area contributed by atoms with Crippen molar-refractivity contribution in [2.24, 2.45) is 23.2 Å². The summed E-state index contributed by atoms with van der Waals surface area (Å²) in [5.74, 6) is 2.49. The standard InChI is InChI=1S/C15H22N2O2/c18-13-12(1-2-16-13)17-14(19)15-6-9-3-10(7-15)5-11(4-9)8-15/h9-12H,1-8H2,(H,16,18)(H,17,19). The summed E-state index contributed by atoms with van der Waals surface area (Å²) in [6.07, 6.45) is 7.98. The molecule has 1 unspecified atom stereocenters. The van der Waals surface area contributed by atoms with Gasteiger partial charge in [0.05, 0.1) is 0 Å². The second-order valence-electron chi connectivity index (χ2n) is 7.30. The van der Waals surface area contributed by atoms with Crippen molar-refractivity contribution in [1.29, 1.82) is 0 Å². The highest BCUT2D eigenvalue weighted by Crippen LogP contribution is 2.60. The molecule has 4 saturated carbocycles. The van der Waals surface area contributed by atoms with Crippen molar-refractivity contribution < 1.29 is 9.59 Å². The van der Waals surface area contributed by atoms with Crippen molar-refractivity contribution in [2.45, 2.75) is 51.0 Å². The highest BCUT2D eigenvalue weighted by atomic mass is 16.2. The molecule has 1 saturated heterocycles. The molecular formula is C15H22N2O2. The van der Waals surface area contributed by atoms with Crippen LogP contribution in [0.25, 0.3) is 0 Å². The number of hydrogen-bond acceptors (Lipinski definition) is 2. The van der Waals surface area contributed by atoms with E-state index in [4.69, 9.17) is 0 Å². The monoisotopic (exact) mass is 262 g/mol. The lowest BCUT2D eigenvalue weighted by atomic mass is 9.49. The maximum atomic E-state index is 12.7. The first-order valence-corrected chi connectivity index (χ1v) is 7.73. The first-order valence-electron chi connectivity index (χ1n) is 7.73. The van der Waals surface area contributed by atoms with E-state index < -0.39 is 0 Å². The SMILES string of the molecule is O=C1NCCC1NC(=O)C12CC3CC(CC(C3)C1)C2. The zero-order valence-electron chi connectivity index (χ0n) is 11.3. The molecule has 1 aliphatic heterocycles. The van der Waals surface area contributed by atoms with Gasteiger partial charge in [-0.3, -0.25) is 9.59 Å². The third kappa shape index (κ3) is 1.79. The number of rotatable bonds is 2. The first-order chi connectivity index (χ1) is 9.14. The molecule has 0 aromatic heterocycles. The van der Waals surface area contributed by atoms with Crippen molar-refractivity contribution in [3.63, 3.8) is 0 Å². The molecule has 4 bridgehead atoms. The predicted octanol–water partition coefficient (Wildman–Crippen LogP) is 1.21. The quantitative estimate of drug-likeness (QED) is 0.786. The van der Waals surface area contributed by atoms with Gasteiger partial charge in [-0.15, -0.1) is 0 Å².